The SMILES string of the molecule is Cc1ccc(-c2nc(SC(C)C)sc2N)cc1. The van der Waals surface area contributed by atoms with E-state index in [4.69, 9.17) is 5.73 Å². The molecule has 2 N–H and O–H groups in total. The topological polar surface area (TPSA) is 38.9 Å². The van der Waals surface area contributed by atoms with E-state index < -0.39 is 0 Å². The molecule has 0 amide bonds. The monoisotopic (exact) mass is 264 g/mol. The van der Waals surface area contributed by atoms with E-state index in [-0.39, 0.29) is 0 Å². The van der Waals surface area contributed by atoms with Gasteiger partial charge in [-0.3, -0.25) is 0 Å². The molecular weight excluding hydrogens is 248 g/mol. The highest BCUT2D eigenvalue weighted by atomic mass is 32.2. The Morgan fingerprint density at radius 1 is 1.24 bits per heavy atom. The molecule has 1 aromatic heterocycles. The number of aromatic nitrogens is 1. The normalized spacial score (nSPS) is 11.1. The maximum Gasteiger partial charge on any atom is 0.152 e. The summed E-state index contributed by atoms with van der Waals surface area (Å²) in [5, 5.41) is 1.34. The smallest absolute Gasteiger partial charge is 0.152 e. The quantitative estimate of drug-likeness (QED) is 0.844. The summed E-state index contributed by atoms with van der Waals surface area (Å²) >= 11 is 3.33. The van der Waals surface area contributed by atoms with Gasteiger partial charge in [-0.1, -0.05) is 66.8 Å². The number of thioether (sulfide) groups is 1. The Morgan fingerprint density at radius 2 is 1.88 bits per heavy atom. The minimum Gasteiger partial charge on any atom is -0.389 e. The number of nitrogens with zero attached hydrogens (tertiary/aromatic N) is 1. The largest absolute Gasteiger partial charge is 0.389 e. The van der Waals surface area contributed by atoms with Crippen molar-refractivity contribution in [3.63, 3.8) is 0 Å². The van der Waals surface area contributed by atoms with Gasteiger partial charge in [0.2, 0.25) is 0 Å². The molecule has 1 heterocycles. The molecule has 0 spiro atoms. The van der Waals surface area contributed by atoms with E-state index in [0.29, 0.717) is 5.25 Å². The Balaban J connectivity index is 2.32. The summed E-state index contributed by atoms with van der Waals surface area (Å²) in [6.07, 6.45) is 0. The molecular formula is C13H16N2S2. The molecule has 0 aliphatic heterocycles. The predicted molar refractivity (Wildman–Crippen MR) is 77.7 cm³/mol. The highest BCUT2D eigenvalue weighted by Crippen LogP contribution is 2.36. The fraction of sp³-hybridized carbons (Fsp3) is 0.308. The lowest BCUT2D eigenvalue weighted by molar-refractivity contribution is 1.10. The van der Waals surface area contributed by atoms with E-state index in [2.05, 4.69) is 50.0 Å². The van der Waals surface area contributed by atoms with E-state index in [1.807, 2.05) is 0 Å². The summed E-state index contributed by atoms with van der Waals surface area (Å²) in [4.78, 5) is 4.61. The molecule has 0 aliphatic rings. The molecule has 0 saturated heterocycles. The molecule has 2 rings (SSSR count). The van der Waals surface area contributed by atoms with Crippen molar-refractivity contribution < 1.29 is 0 Å². The van der Waals surface area contributed by atoms with Gasteiger partial charge in [-0.25, -0.2) is 4.98 Å². The second-order valence-corrected chi connectivity index (χ2v) is 7.08. The fourth-order valence-electron chi connectivity index (χ4n) is 1.48. The van der Waals surface area contributed by atoms with Crippen LogP contribution in [0.5, 0.6) is 0 Å². The van der Waals surface area contributed by atoms with Crippen molar-refractivity contribution in [2.24, 2.45) is 0 Å². The van der Waals surface area contributed by atoms with Crippen LogP contribution in [0, 0.1) is 6.92 Å². The highest BCUT2D eigenvalue weighted by molar-refractivity contribution is 8.01. The van der Waals surface area contributed by atoms with Gasteiger partial charge in [0.15, 0.2) is 4.34 Å². The Morgan fingerprint density at radius 3 is 2.47 bits per heavy atom. The van der Waals surface area contributed by atoms with Crippen LogP contribution in [0.3, 0.4) is 0 Å². The zero-order valence-electron chi connectivity index (χ0n) is 10.2. The number of aryl methyl sites for hydroxylation is 1. The fourth-order valence-corrected chi connectivity index (χ4v) is 3.65. The number of nitrogen functional groups attached to an aromatic ring is 1. The first-order valence-electron chi connectivity index (χ1n) is 5.56. The number of benzene rings is 1. The van der Waals surface area contributed by atoms with E-state index in [0.717, 1.165) is 20.6 Å². The number of anilines is 1. The summed E-state index contributed by atoms with van der Waals surface area (Å²) in [5.41, 5.74) is 9.29. The molecule has 2 nitrogen and oxygen atoms in total. The van der Waals surface area contributed by atoms with Gasteiger partial charge in [0, 0.05) is 10.8 Å². The van der Waals surface area contributed by atoms with Crippen molar-refractivity contribution in [2.75, 3.05) is 5.73 Å². The van der Waals surface area contributed by atoms with Crippen LogP contribution in [0.4, 0.5) is 5.00 Å². The van der Waals surface area contributed by atoms with Crippen LogP contribution >= 0.6 is 23.1 Å². The summed E-state index contributed by atoms with van der Waals surface area (Å²) < 4.78 is 1.05. The van der Waals surface area contributed by atoms with Gasteiger partial charge in [-0.15, -0.1) is 0 Å². The zero-order valence-corrected chi connectivity index (χ0v) is 11.9. The first kappa shape index (κ1) is 12.5. The van der Waals surface area contributed by atoms with Crippen molar-refractivity contribution >= 4 is 28.1 Å². The molecule has 17 heavy (non-hydrogen) atoms. The second-order valence-electron chi connectivity index (χ2n) is 4.23. The lowest BCUT2D eigenvalue weighted by Crippen LogP contribution is -1.87. The van der Waals surface area contributed by atoms with Gasteiger partial charge in [0.1, 0.15) is 10.7 Å². The van der Waals surface area contributed by atoms with E-state index in [9.17, 15) is 0 Å². The second kappa shape index (κ2) is 5.10. The average molecular weight is 264 g/mol. The molecule has 4 heteroatoms. The van der Waals surface area contributed by atoms with Gasteiger partial charge >= 0.3 is 0 Å². The number of hydrogen-bond donors (Lipinski definition) is 1. The summed E-state index contributed by atoms with van der Waals surface area (Å²) in [6.45, 7) is 6.40. The van der Waals surface area contributed by atoms with Crippen molar-refractivity contribution in [2.45, 2.75) is 30.4 Å². The molecule has 0 fully saturated rings. The first-order chi connectivity index (χ1) is 8.06. The van der Waals surface area contributed by atoms with Crippen molar-refractivity contribution in [1.29, 1.82) is 0 Å². The minimum atomic E-state index is 0.534. The zero-order chi connectivity index (χ0) is 12.4. The molecule has 0 atom stereocenters. The maximum atomic E-state index is 6.03. The molecule has 0 unspecified atom stereocenters. The van der Waals surface area contributed by atoms with Gasteiger partial charge in [0.05, 0.1) is 0 Å². The van der Waals surface area contributed by atoms with Gasteiger partial charge in [-0.2, -0.15) is 0 Å². The predicted octanol–water partition coefficient (Wildman–Crippen LogP) is 4.20. The van der Waals surface area contributed by atoms with Crippen LogP contribution in [0.1, 0.15) is 19.4 Å². The van der Waals surface area contributed by atoms with E-state index >= 15 is 0 Å². The Kier molecular flexibility index (Phi) is 3.74. The molecule has 0 aliphatic carbocycles. The Labute approximate surface area is 110 Å². The van der Waals surface area contributed by atoms with Gasteiger partial charge < -0.3 is 5.73 Å². The van der Waals surface area contributed by atoms with Crippen LogP contribution in [0.25, 0.3) is 11.3 Å². The van der Waals surface area contributed by atoms with Crippen LogP contribution < -0.4 is 5.73 Å². The number of rotatable bonds is 3. The maximum absolute atomic E-state index is 6.03. The van der Waals surface area contributed by atoms with Crippen molar-refractivity contribution in [1.82, 2.24) is 4.98 Å². The summed E-state index contributed by atoms with van der Waals surface area (Å²) in [5.74, 6) is 0. The van der Waals surface area contributed by atoms with Gasteiger partial charge in [-0.05, 0) is 6.92 Å². The molecule has 90 valence electrons. The molecule has 0 saturated carbocycles. The molecule has 1 aromatic carbocycles. The minimum absolute atomic E-state index is 0.534. The third kappa shape index (κ3) is 3.01. The van der Waals surface area contributed by atoms with Crippen LogP contribution in [0.15, 0.2) is 28.6 Å². The Hall–Kier alpha value is -1.00. The third-order valence-electron chi connectivity index (χ3n) is 2.30. The number of nitrogens with two attached hydrogens (primary N) is 1. The first-order valence-corrected chi connectivity index (χ1v) is 7.26. The van der Waals surface area contributed by atoms with E-state index in [1.165, 1.54) is 5.56 Å². The highest BCUT2D eigenvalue weighted by Gasteiger charge is 2.11. The van der Waals surface area contributed by atoms with Crippen molar-refractivity contribution in [3.05, 3.63) is 29.8 Å². The number of thiazole rings is 1. The van der Waals surface area contributed by atoms with Crippen LogP contribution in [0.2, 0.25) is 0 Å². The molecule has 0 radical (unpaired) electrons. The van der Waals surface area contributed by atoms with Crippen LogP contribution in [-0.4, -0.2) is 10.2 Å². The Bertz CT molecular complexity index is 501. The van der Waals surface area contributed by atoms with Crippen LogP contribution in [-0.2, 0) is 0 Å². The lowest BCUT2D eigenvalue weighted by atomic mass is 10.1. The average Bonchev–Trinajstić information content (AvgIpc) is 2.59. The summed E-state index contributed by atoms with van der Waals surface area (Å²) in [6, 6.07) is 8.32. The van der Waals surface area contributed by atoms with Crippen molar-refractivity contribution in [3.8, 4) is 11.3 Å². The standard InChI is InChI=1S/C13H16N2S2/c1-8(2)16-13-15-11(12(14)17-13)10-6-4-9(3)5-7-10/h4-8H,14H2,1-3H3. The van der Waals surface area contributed by atoms with Gasteiger partial charge in [0.25, 0.3) is 0 Å². The number of hydrogen-bond acceptors (Lipinski definition) is 4. The third-order valence-corrected chi connectivity index (χ3v) is 4.28. The van der Waals surface area contributed by atoms with E-state index in [1.54, 1.807) is 23.1 Å². The summed E-state index contributed by atoms with van der Waals surface area (Å²) in [7, 11) is 0. The molecule has 2 aromatic rings. The molecule has 0 bridgehead atoms. The lowest BCUT2D eigenvalue weighted by Gasteiger charge is -1.99.